The number of nitrogens with zero attached hydrogens (tertiary/aromatic N) is 9. The molecule has 0 bridgehead atoms. The lowest BCUT2D eigenvalue weighted by molar-refractivity contribution is 0.631. The van der Waals surface area contributed by atoms with Gasteiger partial charge in [-0.25, -0.2) is 9.97 Å². The Labute approximate surface area is 164 Å². The van der Waals surface area contributed by atoms with Crippen LogP contribution in [0.1, 0.15) is 5.56 Å². The SMILES string of the molecule is CN(CCc1ccncc1)c1nncc(N2CCN(c3ncccn3)CC2)n1. The van der Waals surface area contributed by atoms with Crippen LogP contribution in [0.25, 0.3) is 0 Å². The van der Waals surface area contributed by atoms with Crippen molar-refractivity contribution in [2.24, 2.45) is 0 Å². The van der Waals surface area contributed by atoms with Crippen molar-refractivity contribution < 1.29 is 0 Å². The molecule has 3 aromatic rings. The van der Waals surface area contributed by atoms with Gasteiger partial charge >= 0.3 is 0 Å². The average molecular weight is 377 g/mol. The highest BCUT2D eigenvalue weighted by molar-refractivity contribution is 5.44. The number of pyridine rings is 1. The van der Waals surface area contributed by atoms with Crippen LogP contribution < -0.4 is 14.7 Å². The Morgan fingerprint density at radius 2 is 1.68 bits per heavy atom. The van der Waals surface area contributed by atoms with Crippen LogP contribution >= 0.6 is 0 Å². The van der Waals surface area contributed by atoms with E-state index in [2.05, 4.69) is 34.9 Å². The van der Waals surface area contributed by atoms with E-state index in [1.165, 1.54) is 5.56 Å². The number of rotatable bonds is 6. The normalized spacial score (nSPS) is 14.2. The monoisotopic (exact) mass is 377 g/mol. The minimum Gasteiger partial charge on any atom is -0.352 e. The van der Waals surface area contributed by atoms with Gasteiger partial charge in [-0.3, -0.25) is 4.98 Å². The van der Waals surface area contributed by atoms with Crippen molar-refractivity contribution in [3.63, 3.8) is 0 Å². The summed E-state index contributed by atoms with van der Waals surface area (Å²) in [4.78, 5) is 23.9. The lowest BCUT2D eigenvalue weighted by Crippen LogP contribution is -2.47. The smallest absolute Gasteiger partial charge is 0.247 e. The zero-order chi connectivity index (χ0) is 19.2. The van der Waals surface area contributed by atoms with E-state index in [1.807, 2.05) is 42.5 Å². The van der Waals surface area contributed by atoms with Crippen molar-refractivity contribution >= 4 is 17.7 Å². The van der Waals surface area contributed by atoms with Crippen molar-refractivity contribution in [2.45, 2.75) is 6.42 Å². The van der Waals surface area contributed by atoms with E-state index in [-0.39, 0.29) is 0 Å². The molecule has 0 spiro atoms. The summed E-state index contributed by atoms with van der Waals surface area (Å²) in [6.45, 7) is 4.20. The van der Waals surface area contributed by atoms with Crippen LogP contribution in [-0.4, -0.2) is 69.9 Å². The van der Waals surface area contributed by atoms with E-state index >= 15 is 0 Å². The second-order valence-corrected chi connectivity index (χ2v) is 6.66. The molecule has 28 heavy (non-hydrogen) atoms. The third-order valence-electron chi connectivity index (χ3n) is 4.80. The fraction of sp³-hybridized carbons (Fsp3) is 0.368. The van der Waals surface area contributed by atoms with Gasteiger partial charge in [-0.1, -0.05) is 0 Å². The van der Waals surface area contributed by atoms with Crippen molar-refractivity contribution in [1.29, 1.82) is 0 Å². The zero-order valence-corrected chi connectivity index (χ0v) is 15.9. The molecule has 0 saturated carbocycles. The molecule has 0 amide bonds. The molecule has 3 aromatic heterocycles. The van der Waals surface area contributed by atoms with E-state index in [1.54, 1.807) is 18.6 Å². The molecule has 0 aliphatic carbocycles. The van der Waals surface area contributed by atoms with E-state index in [0.29, 0.717) is 5.95 Å². The van der Waals surface area contributed by atoms with Gasteiger partial charge in [0.2, 0.25) is 11.9 Å². The Bertz CT molecular complexity index is 867. The van der Waals surface area contributed by atoms with Crippen molar-refractivity contribution in [3.05, 3.63) is 54.7 Å². The molecule has 9 heteroatoms. The summed E-state index contributed by atoms with van der Waals surface area (Å²) in [5, 5.41) is 8.37. The zero-order valence-electron chi connectivity index (χ0n) is 15.9. The van der Waals surface area contributed by atoms with E-state index in [9.17, 15) is 0 Å². The standard InChI is InChI=1S/C19H23N9/c1-26(10-5-16-3-8-20-9-4-16)19-24-17(15-23-25-19)27-11-13-28(14-12-27)18-21-6-2-7-22-18/h2-4,6-9,15H,5,10-14H2,1H3. The molecule has 0 N–H and O–H groups in total. The Morgan fingerprint density at radius 3 is 2.43 bits per heavy atom. The summed E-state index contributed by atoms with van der Waals surface area (Å²) in [5.74, 6) is 2.27. The average Bonchev–Trinajstić information content (AvgIpc) is 2.79. The summed E-state index contributed by atoms with van der Waals surface area (Å²) in [6.07, 6.45) is 9.81. The highest BCUT2D eigenvalue weighted by Gasteiger charge is 2.20. The first-order chi connectivity index (χ1) is 13.8. The predicted molar refractivity (Wildman–Crippen MR) is 107 cm³/mol. The Hall–Kier alpha value is -3.36. The maximum atomic E-state index is 4.72. The van der Waals surface area contributed by atoms with E-state index in [0.717, 1.165) is 50.9 Å². The molecule has 0 radical (unpaired) electrons. The first kappa shape index (κ1) is 18.0. The first-order valence-corrected chi connectivity index (χ1v) is 9.36. The summed E-state index contributed by atoms with van der Waals surface area (Å²) < 4.78 is 0. The second kappa shape index (κ2) is 8.55. The van der Waals surface area contributed by atoms with E-state index < -0.39 is 0 Å². The topological polar surface area (TPSA) is 87.1 Å². The van der Waals surface area contributed by atoms with Crippen LogP contribution in [0.5, 0.6) is 0 Å². The molecule has 1 saturated heterocycles. The number of anilines is 3. The van der Waals surface area contributed by atoms with Gasteiger partial charge in [0.25, 0.3) is 0 Å². The molecule has 0 unspecified atom stereocenters. The molecule has 1 aliphatic rings. The number of piperazine rings is 1. The van der Waals surface area contributed by atoms with Crippen LogP contribution in [0.4, 0.5) is 17.7 Å². The van der Waals surface area contributed by atoms with Crippen LogP contribution in [0, 0.1) is 0 Å². The first-order valence-electron chi connectivity index (χ1n) is 9.36. The second-order valence-electron chi connectivity index (χ2n) is 6.66. The van der Waals surface area contributed by atoms with Gasteiger partial charge in [0.15, 0.2) is 5.82 Å². The van der Waals surface area contributed by atoms with Gasteiger partial charge in [-0.05, 0) is 30.2 Å². The minimum atomic E-state index is 0.639. The summed E-state index contributed by atoms with van der Waals surface area (Å²) >= 11 is 0. The molecule has 0 atom stereocenters. The largest absolute Gasteiger partial charge is 0.352 e. The molecule has 144 valence electrons. The van der Waals surface area contributed by atoms with Gasteiger partial charge in [0.1, 0.15) is 0 Å². The number of hydrogen-bond acceptors (Lipinski definition) is 9. The maximum absolute atomic E-state index is 4.72. The minimum absolute atomic E-state index is 0.639. The fourth-order valence-corrected chi connectivity index (χ4v) is 3.14. The maximum Gasteiger partial charge on any atom is 0.247 e. The number of hydrogen-bond donors (Lipinski definition) is 0. The van der Waals surface area contributed by atoms with Crippen LogP contribution in [0.15, 0.2) is 49.2 Å². The third-order valence-corrected chi connectivity index (χ3v) is 4.80. The Kier molecular flexibility index (Phi) is 5.51. The Balaban J connectivity index is 1.36. The quantitative estimate of drug-likeness (QED) is 0.626. The highest BCUT2D eigenvalue weighted by atomic mass is 15.4. The lowest BCUT2D eigenvalue weighted by atomic mass is 10.2. The van der Waals surface area contributed by atoms with Gasteiger partial charge in [0.05, 0.1) is 6.20 Å². The van der Waals surface area contributed by atoms with Gasteiger partial charge in [-0.15, -0.1) is 5.10 Å². The molecule has 1 aliphatic heterocycles. The van der Waals surface area contributed by atoms with Gasteiger partial charge < -0.3 is 14.7 Å². The van der Waals surface area contributed by atoms with Crippen LogP contribution in [0.2, 0.25) is 0 Å². The van der Waals surface area contributed by atoms with Crippen molar-refractivity contribution in [1.82, 2.24) is 30.1 Å². The Morgan fingerprint density at radius 1 is 0.964 bits per heavy atom. The van der Waals surface area contributed by atoms with Gasteiger partial charge in [0, 0.05) is 64.6 Å². The predicted octanol–water partition coefficient (Wildman–Crippen LogP) is 1.06. The van der Waals surface area contributed by atoms with Crippen LogP contribution in [0.3, 0.4) is 0 Å². The molecule has 4 heterocycles. The molecule has 4 rings (SSSR count). The molecular formula is C19H23N9. The third kappa shape index (κ3) is 4.30. The summed E-state index contributed by atoms with van der Waals surface area (Å²) in [7, 11) is 1.99. The van der Waals surface area contributed by atoms with Crippen LogP contribution in [-0.2, 0) is 6.42 Å². The summed E-state index contributed by atoms with van der Waals surface area (Å²) in [6, 6.07) is 5.89. The lowest BCUT2D eigenvalue weighted by Gasteiger charge is -2.35. The summed E-state index contributed by atoms with van der Waals surface area (Å²) in [5.41, 5.74) is 1.24. The van der Waals surface area contributed by atoms with Gasteiger partial charge in [-0.2, -0.15) is 10.1 Å². The molecule has 1 fully saturated rings. The highest BCUT2D eigenvalue weighted by Crippen LogP contribution is 2.17. The number of aromatic nitrogens is 6. The van der Waals surface area contributed by atoms with Crippen molar-refractivity contribution in [2.75, 3.05) is 54.5 Å². The molecular weight excluding hydrogens is 354 g/mol. The van der Waals surface area contributed by atoms with Crippen molar-refractivity contribution in [3.8, 4) is 0 Å². The molecule has 0 aromatic carbocycles. The molecule has 9 nitrogen and oxygen atoms in total. The number of likely N-dealkylation sites (N-methyl/N-ethyl adjacent to an activating group) is 1. The fourth-order valence-electron chi connectivity index (χ4n) is 3.14. The van der Waals surface area contributed by atoms with E-state index in [4.69, 9.17) is 4.98 Å².